The molecule has 2 heterocycles. The van der Waals surface area contributed by atoms with Gasteiger partial charge in [-0.25, -0.2) is 15.0 Å². The Kier molecular flexibility index (Phi) is 7.24. The molecule has 2 atom stereocenters. The summed E-state index contributed by atoms with van der Waals surface area (Å²) in [5, 5.41) is 17.1. The minimum atomic E-state index is -0.875. The van der Waals surface area contributed by atoms with Gasteiger partial charge in [0.25, 0.3) is 0 Å². The van der Waals surface area contributed by atoms with Crippen LogP contribution in [0.1, 0.15) is 6.23 Å². The Morgan fingerprint density at radius 2 is 1.89 bits per heavy atom. The number of aliphatic hydroxyl groups excluding tert-OH is 1. The van der Waals surface area contributed by atoms with Gasteiger partial charge >= 0.3 is 0 Å². The second-order valence-corrected chi connectivity index (χ2v) is 5.72. The van der Waals surface area contributed by atoms with Gasteiger partial charge in [0.1, 0.15) is 17.9 Å². The van der Waals surface area contributed by atoms with E-state index in [1.54, 1.807) is 0 Å². The fraction of sp³-hybridized carbons (Fsp3) is 0.250. The summed E-state index contributed by atoms with van der Waals surface area (Å²) in [6, 6.07) is 0. The number of rotatable bonds is 8. The second-order valence-electron chi connectivity index (χ2n) is 4.84. The maximum atomic E-state index is 9.53. The van der Waals surface area contributed by atoms with Gasteiger partial charge in [-0.15, -0.1) is 0 Å². The largest absolute Gasteiger partial charge is 0.393 e. The molecule has 0 spiro atoms. The van der Waals surface area contributed by atoms with E-state index in [2.05, 4.69) is 48.2 Å². The van der Waals surface area contributed by atoms with Crippen molar-refractivity contribution in [1.29, 1.82) is 0 Å². The summed E-state index contributed by atoms with van der Waals surface area (Å²) in [6.45, 7) is -0.390. The lowest BCUT2D eigenvalue weighted by Crippen LogP contribution is -2.30. The molecule has 0 unspecified atom stereocenters. The topological polar surface area (TPSA) is 200 Å². The van der Waals surface area contributed by atoms with Crippen LogP contribution in [0.4, 0.5) is 5.82 Å². The van der Waals surface area contributed by atoms with Gasteiger partial charge in [-0.2, -0.15) is 10.2 Å². The van der Waals surface area contributed by atoms with Crippen molar-refractivity contribution in [3.63, 3.8) is 0 Å². The SMILES string of the molecule is NC(=S)N/N=C\[C@H](CO)O[C@H](/C=N/NC(N)=S)n1cnc2c(N)ncnc21. The van der Waals surface area contributed by atoms with Crippen LogP contribution in [0.5, 0.6) is 0 Å². The van der Waals surface area contributed by atoms with E-state index in [9.17, 15) is 5.11 Å². The molecule has 0 aliphatic heterocycles. The quantitative estimate of drug-likeness (QED) is 0.158. The van der Waals surface area contributed by atoms with E-state index in [-0.39, 0.29) is 22.6 Å². The number of hydrogen-bond donors (Lipinski definition) is 6. The number of nitrogens with one attached hydrogen (secondary N) is 2. The van der Waals surface area contributed by atoms with E-state index in [1.807, 2.05) is 0 Å². The smallest absolute Gasteiger partial charge is 0.184 e. The number of aliphatic hydroxyl groups is 1. The van der Waals surface area contributed by atoms with Crippen LogP contribution in [-0.4, -0.2) is 60.0 Å². The predicted octanol–water partition coefficient (Wildman–Crippen LogP) is -2.08. The number of nitrogens with two attached hydrogens (primary N) is 3. The van der Waals surface area contributed by atoms with Crippen LogP contribution < -0.4 is 28.1 Å². The monoisotopic (exact) mass is 411 g/mol. The van der Waals surface area contributed by atoms with Gasteiger partial charge in [0, 0.05) is 0 Å². The molecule has 0 saturated carbocycles. The maximum Gasteiger partial charge on any atom is 0.184 e. The lowest BCUT2D eigenvalue weighted by molar-refractivity contribution is 0.00129. The summed E-state index contributed by atoms with van der Waals surface area (Å²) >= 11 is 9.34. The fourth-order valence-electron chi connectivity index (χ4n) is 1.88. The van der Waals surface area contributed by atoms with E-state index < -0.39 is 12.3 Å². The molecule has 0 radical (unpaired) electrons. The Morgan fingerprint density at radius 1 is 1.22 bits per heavy atom. The highest BCUT2D eigenvalue weighted by Crippen LogP contribution is 2.19. The first kappa shape index (κ1) is 20.3. The number of ether oxygens (including phenoxy) is 1. The third-order valence-electron chi connectivity index (χ3n) is 2.95. The number of nitrogen functional groups attached to an aromatic ring is 1. The van der Waals surface area contributed by atoms with Crippen molar-refractivity contribution in [1.82, 2.24) is 30.4 Å². The molecule has 144 valence electrons. The van der Waals surface area contributed by atoms with Crippen LogP contribution in [0, 0.1) is 0 Å². The average molecular weight is 411 g/mol. The standard InChI is InChI=1S/C12H17N11O2S2/c13-9-8-10(17-4-16-9)23(5-18-8)7(2-20-22-12(15)27)25-6(3-24)1-19-21-11(14)26/h1-2,4-7,24H,3H2,(H2,13,16,17)(H3,14,21,26)(H3,15,22,27)/b19-1-,20-2+/t6-,7-/m1/s1. The molecule has 15 heteroatoms. The van der Waals surface area contributed by atoms with E-state index in [4.69, 9.17) is 34.2 Å². The Balaban J connectivity index is 2.31. The normalized spacial score (nSPS) is 13.8. The minimum Gasteiger partial charge on any atom is -0.393 e. The van der Waals surface area contributed by atoms with E-state index >= 15 is 0 Å². The first-order chi connectivity index (χ1) is 12.9. The molecule has 9 N–H and O–H groups in total. The van der Waals surface area contributed by atoms with Crippen molar-refractivity contribution in [3.8, 4) is 0 Å². The van der Waals surface area contributed by atoms with Gasteiger partial charge < -0.3 is 27.0 Å². The zero-order valence-corrected chi connectivity index (χ0v) is 15.4. The summed E-state index contributed by atoms with van der Waals surface area (Å²) < 4.78 is 7.30. The van der Waals surface area contributed by atoms with Gasteiger partial charge in [0.05, 0.1) is 25.4 Å². The third kappa shape index (κ3) is 5.74. The summed E-state index contributed by atoms with van der Waals surface area (Å²) in [7, 11) is 0. The second kappa shape index (κ2) is 9.62. The van der Waals surface area contributed by atoms with Crippen molar-refractivity contribution in [2.24, 2.45) is 21.7 Å². The summed E-state index contributed by atoms with van der Waals surface area (Å²) in [5.74, 6) is 0.205. The molecule has 13 nitrogen and oxygen atoms in total. The van der Waals surface area contributed by atoms with Crippen LogP contribution >= 0.6 is 24.4 Å². The molecule has 0 saturated heterocycles. The maximum absolute atomic E-state index is 9.53. The highest BCUT2D eigenvalue weighted by molar-refractivity contribution is 7.80. The van der Waals surface area contributed by atoms with E-state index in [1.165, 1.54) is 29.7 Å². The minimum absolute atomic E-state index is 0.0329. The molecule has 0 fully saturated rings. The molecule has 0 amide bonds. The Morgan fingerprint density at radius 3 is 2.52 bits per heavy atom. The zero-order chi connectivity index (χ0) is 19.8. The first-order valence-electron chi connectivity index (χ1n) is 7.29. The Bertz CT molecular complexity index is 868. The molecule has 27 heavy (non-hydrogen) atoms. The average Bonchev–Trinajstić information content (AvgIpc) is 3.04. The van der Waals surface area contributed by atoms with Crippen LogP contribution in [0.3, 0.4) is 0 Å². The van der Waals surface area contributed by atoms with Gasteiger partial charge in [-0.3, -0.25) is 15.4 Å². The molecule has 2 aromatic rings. The zero-order valence-electron chi connectivity index (χ0n) is 13.8. The van der Waals surface area contributed by atoms with Crippen LogP contribution in [0.15, 0.2) is 22.9 Å². The number of hydrogen-bond acceptors (Lipinski definition) is 10. The number of nitrogens with zero attached hydrogens (tertiary/aromatic N) is 6. The van der Waals surface area contributed by atoms with Crippen molar-refractivity contribution < 1.29 is 9.84 Å². The number of imidazole rings is 1. The lowest BCUT2D eigenvalue weighted by Gasteiger charge is -2.19. The molecular formula is C12H17N11O2S2. The highest BCUT2D eigenvalue weighted by atomic mass is 32.1. The summed E-state index contributed by atoms with van der Waals surface area (Å²) in [6.07, 6.45) is 3.63. The van der Waals surface area contributed by atoms with E-state index in [0.29, 0.717) is 11.2 Å². The van der Waals surface area contributed by atoms with Crippen LogP contribution in [0.25, 0.3) is 11.2 Å². The van der Waals surface area contributed by atoms with E-state index in [0.717, 1.165) is 0 Å². The van der Waals surface area contributed by atoms with Crippen LogP contribution in [-0.2, 0) is 4.74 Å². The van der Waals surface area contributed by atoms with Gasteiger partial charge in [0.2, 0.25) is 0 Å². The number of fused-ring (bicyclic) bond motifs is 1. The molecule has 0 aromatic carbocycles. The van der Waals surface area contributed by atoms with Gasteiger partial charge in [0.15, 0.2) is 27.9 Å². The number of aromatic nitrogens is 4. The Hall–Kier alpha value is -3.01. The Labute approximate surface area is 163 Å². The van der Waals surface area contributed by atoms with Gasteiger partial charge in [-0.05, 0) is 24.4 Å². The number of hydrazone groups is 2. The number of anilines is 1. The summed E-state index contributed by atoms with van der Waals surface area (Å²) in [5.41, 5.74) is 22.0. The van der Waals surface area contributed by atoms with Crippen LogP contribution in [0.2, 0.25) is 0 Å². The van der Waals surface area contributed by atoms with Crippen molar-refractivity contribution in [3.05, 3.63) is 12.7 Å². The van der Waals surface area contributed by atoms with Crippen molar-refractivity contribution >= 4 is 64.1 Å². The molecule has 2 rings (SSSR count). The highest BCUT2D eigenvalue weighted by Gasteiger charge is 2.19. The van der Waals surface area contributed by atoms with Crippen molar-refractivity contribution in [2.75, 3.05) is 12.3 Å². The first-order valence-corrected chi connectivity index (χ1v) is 8.10. The molecular weight excluding hydrogens is 394 g/mol. The molecule has 2 aromatic heterocycles. The molecule has 0 aliphatic carbocycles. The van der Waals surface area contributed by atoms with Gasteiger partial charge in [-0.1, -0.05) is 0 Å². The third-order valence-corrected chi connectivity index (χ3v) is 3.13. The predicted molar refractivity (Wildman–Crippen MR) is 108 cm³/mol. The molecule has 0 aliphatic rings. The number of thiocarbonyl (C=S) groups is 2. The lowest BCUT2D eigenvalue weighted by atomic mass is 10.4. The molecule has 0 bridgehead atoms. The van der Waals surface area contributed by atoms with Crippen molar-refractivity contribution in [2.45, 2.75) is 12.3 Å². The summed E-state index contributed by atoms with van der Waals surface area (Å²) in [4.78, 5) is 12.2. The fourth-order valence-corrected chi connectivity index (χ4v) is 1.99.